The van der Waals surface area contributed by atoms with Crippen molar-refractivity contribution in [1.29, 1.82) is 0 Å². The van der Waals surface area contributed by atoms with E-state index in [2.05, 4.69) is 10.3 Å². The fourth-order valence-electron chi connectivity index (χ4n) is 3.33. The van der Waals surface area contributed by atoms with Crippen LogP contribution in [0.4, 0.5) is 0 Å². The smallest absolute Gasteiger partial charge is 0.253 e. The summed E-state index contributed by atoms with van der Waals surface area (Å²) >= 11 is 0. The number of carbonyl (C=O) groups is 2. The summed E-state index contributed by atoms with van der Waals surface area (Å²) in [6.07, 6.45) is 4.09. The molecule has 2 aliphatic rings. The molecule has 24 heavy (non-hydrogen) atoms. The van der Waals surface area contributed by atoms with Gasteiger partial charge >= 0.3 is 0 Å². The number of pyridine rings is 1. The van der Waals surface area contributed by atoms with E-state index in [9.17, 15) is 9.59 Å². The minimum atomic E-state index is -0.197. The average molecular weight is 333 g/mol. The largest absolute Gasteiger partial charge is 0.481 e. The number of ether oxygens (including phenoxy) is 2. The normalized spacial score (nSPS) is 23.8. The van der Waals surface area contributed by atoms with E-state index in [-0.39, 0.29) is 23.8 Å². The summed E-state index contributed by atoms with van der Waals surface area (Å²) in [6, 6.07) is 3.21. The number of morpholine rings is 1. The molecule has 1 N–H and O–H groups in total. The van der Waals surface area contributed by atoms with Crippen LogP contribution in [0.5, 0.6) is 5.88 Å². The number of methoxy groups -OCH3 is 1. The maximum atomic E-state index is 12.7. The van der Waals surface area contributed by atoms with Crippen molar-refractivity contribution in [2.24, 2.45) is 5.92 Å². The quantitative estimate of drug-likeness (QED) is 0.883. The molecule has 1 saturated carbocycles. The van der Waals surface area contributed by atoms with Crippen LogP contribution in [0.25, 0.3) is 0 Å². The van der Waals surface area contributed by atoms with Gasteiger partial charge in [-0.25, -0.2) is 4.98 Å². The first kappa shape index (κ1) is 16.7. The third kappa shape index (κ3) is 3.67. The summed E-state index contributed by atoms with van der Waals surface area (Å²) in [7, 11) is 1.53. The molecule has 1 aromatic rings. The second-order valence-electron chi connectivity index (χ2n) is 6.14. The highest BCUT2D eigenvalue weighted by atomic mass is 16.5. The lowest BCUT2D eigenvalue weighted by atomic mass is 10.0. The number of aromatic nitrogens is 1. The van der Waals surface area contributed by atoms with Crippen molar-refractivity contribution in [3.8, 4) is 5.88 Å². The Bertz CT molecular complexity index is 584. The maximum Gasteiger partial charge on any atom is 0.253 e. The number of hydrogen-bond acceptors (Lipinski definition) is 5. The minimum Gasteiger partial charge on any atom is -0.481 e. The summed E-state index contributed by atoms with van der Waals surface area (Å²) in [5, 5.41) is 3.00. The fraction of sp³-hybridized carbons (Fsp3) is 0.588. The molecular formula is C17H23N3O4. The predicted molar refractivity (Wildman–Crippen MR) is 86.8 cm³/mol. The highest BCUT2D eigenvalue weighted by Crippen LogP contribution is 2.28. The molecule has 0 radical (unpaired) electrons. The summed E-state index contributed by atoms with van der Waals surface area (Å²) in [6.45, 7) is 2.46. The zero-order chi connectivity index (χ0) is 16.9. The number of hydrogen-bond donors (Lipinski definition) is 1. The van der Waals surface area contributed by atoms with Crippen LogP contribution >= 0.6 is 0 Å². The summed E-state index contributed by atoms with van der Waals surface area (Å²) in [4.78, 5) is 31.0. The minimum absolute atomic E-state index is 0.116. The topological polar surface area (TPSA) is 80.8 Å². The van der Waals surface area contributed by atoms with Crippen LogP contribution in [0.15, 0.2) is 18.3 Å². The second kappa shape index (κ2) is 7.61. The van der Waals surface area contributed by atoms with E-state index < -0.39 is 0 Å². The van der Waals surface area contributed by atoms with E-state index in [0.717, 1.165) is 19.3 Å². The lowest BCUT2D eigenvalue weighted by Gasteiger charge is -2.31. The first-order valence-corrected chi connectivity index (χ1v) is 8.36. The summed E-state index contributed by atoms with van der Waals surface area (Å²) < 4.78 is 10.3. The Kier molecular flexibility index (Phi) is 5.30. The Morgan fingerprint density at radius 2 is 2.08 bits per heavy atom. The lowest BCUT2D eigenvalue weighted by Crippen LogP contribution is -2.48. The van der Waals surface area contributed by atoms with Crippen LogP contribution in [0.1, 0.15) is 29.6 Å². The SMILES string of the molecule is COc1ccc(C(=O)N[C@@H]2CCC[C@@H]2C(=O)N2CCOCC2)cn1. The van der Waals surface area contributed by atoms with Gasteiger partial charge in [-0.3, -0.25) is 9.59 Å². The van der Waals surface area contributed by atoms with Gasteiger partial charge < -0.3 is 19.7 Å². The molecule has 0 bridgehead atoms. The zero-order valence-corrected chi connectivity index (χ0v) is 13.9. The van der Waals surface area contributed by atoms with Gasteiger partial charge in [0.15, 0.2) is 0 Å². The van der Waals surface area contributed by atoms with Crippen molar-refractivity contribution in [3.63, 3.8) is 0 Å². The molecule has 2 amide bonds. The van der Waals surface area contributed by atoms with Gasteiger partial charge in [-0.15, -0.1) is 0 Å². The molecule has 3 rings (SSSR count). The summed E-state index contributed by atoms with van der Waals surface area (Å²) in [5.41, 5.74) is 0.472. The predicted octanol–water partition coefficient (Wildman–Crippen LogP) is 0.847. The molecule has 0 aromatic carbocycles. The van der Waals surface area contributed by atoms with Gasteiger partial charge in [-0.2, -0.15) is 0 Å². The van der Waals surface area contributed by atoms with Gasteiger partial charge in [-0.05, 0) is 18.9 Å². The van der Waals surface area contributed by atoms with E-state index in [1.807, 2.05) is 4.90 Å². The molecule has 7 heteroatoms. The van der Waals surface area contributed by atoms with Gasteiger partial charge in [-0.1, -0.05) is 6.42 Å². The molecule has 7 nitrogen and oxygen atoms in total. The molecule has 1 aliphatic carbocycles. The summed E-state index contributed by atoms with van der Waals surface area (Å²) in [5.74, 6) is 0.261. The molecule has 1 aromatic heterocycles. The van der Waals surface area contributed by atoms with E-state index in [4.69, 9.17) is 9.47 Å². The van der Waals surface area contributed by atoms with Crippen molar-refractivity contribution in [2.75, 3.05) is 33.4 Å². The first-order valence-electron chi connectivity index (χ1n) is 8.36. The van der Waals surface area contributed by atoms with Crippen LogP contribution in [0.2, 0.25) is 0 Å². The van der Waals surface area contributed by atoms with Gasteiger partial charge in [0.05, 0.1) is 31.8 Å². The molecule has 0 unspecified atom stereocenters. The van der Waals surface area contributed by atoms with Crippen molar-refractivity contribution in [1.82, 2.24) is 15.2 Å². The van der Waals surface area contributed by atoms with E-state index >= 15 is 0 Å². The van der Waals surface area contributed by atoms with Crippen molar-refractivity contribution in [2.45, 2.75) is 25.3 Å². The van der Waals surface area contributed by atoms with Crippen molar-refractivity contribution < 1.29 is 19.1 Å². The third-order valence-corrected chi connectivity index (χ3v) is 4.68. The van der Waals surface area contributed by atoms with Crippen molar-refractivity contribution in [3.05, 3.63) is 23.9 Å². The van der Waals surface area contributed by atoms with Gasteiger partial charge in [0.2, 0.25) is 11.8 Å². The van der Waals surface area contributed by atoms with Gasteiger partial charge in [0, 0.05) is 31.4 Å². The highest BCUT2D eigenvalue weighted by molar-refractivity contribution is 5.94. The lowest BCUT2D eigenvalue weighted by molar-refractivity contribution is -0.140. The first-order chi connectivity index (χ1) is 11.7. The fourth-order valence-corrected chi connectivity index (χ4v) is 3.33. The van der Waals surface area contributed by atoms with Gasteiger partial charge in [0.1, 0.15) is 0 Å². The molecule has 2 fully saturated rings. The number of carbonyl (C=O) groups excluding carboxylic acids is 2. The van der Waals surface area contributed by atoms with E-state index in [1.54, 1.807) is 12.1 Å². The molecule has 1 aliphatic heterocycles. The van der Waals surface area contributed by atoms with Crippen LogP contribution in [0, 0.1) is 5.92 Å². The van der Waals surface area contributed by atoms with Crippen LogP contribution in [-0.4, -0.2) is 61.2 Å². The van der Waals surface area contributed by atoms with E-state index in [0.29, 0.717) is 37.7 Å². The average Bonchev–Trinajstić information content (AvgIpc) is 3.10. The Morgan fingerprint density at radius 1 is 1.29 bits per heavy atom. The van der Waals surface area contributed by atoms with Gasteiger partial charge in [0.25, 0.3) is 5.91 Å². The van der Waals surface area contributed by atoms with Crippen molar-refractivity contribution >= 4 is 11.8 Å². The molecule has 130 valence electrons. The standard InChI is InChI=1S/C17H23N3O4/c1-23-15-6-5-12(11-18-15)16(21)19-14-4-2-3-13(14)17(22)20-7-9-24-10-8-20/h5-6,11,13-14H,2-4,7-10H2,1H3,(H,19,21)/t13-,14+/m0/s1. The Labute approximate surface area is 141 Å². The van der Waals surface area contributed by atoms with Crippen LogP contribution in [-0.2, 0) is 9.53 Å². The Hall–Kier alpha value is -2.15. The zero-order valence-electron chi connectivity index (χ0n) is 13.9. The highest BCUT2D eigenvalue weighted by Gasteiger charge is 2.36. The maximum absolute atomic E-state index is 12.7. The Morgan fingerprint density at radius 3 is 2.75 bits per heavy atom. The Balaban J connectivity index is 1.62. The molecular weight excluding hydrogens is 310 g/mol. The molecule has 2 heterocycles. The monoisotopic (exact) mass is 333 g/mol. The van der Waals surface area contributed by atoms with Crippen LogP contribution in [0.3, 0.4) is 0 Å². The number of amides is 2. The molecule has 0 spiro atoms. The number of rotatable bonds is 4. The van der Waals surface area contributed by atoms with Crippen LogP contribution < -0.4 is 10.1 Å². The van der Waals surface area contributed by atoms with E-state index in [1.165, 1.54) is 13.3 Å². The molecule has 2 atom stereocenters. The number of nitrogens with one attached hydrogen (secondary N) is 1. The number of nitrogens with zero attached hydrogens (tertiary/aromatic N) is 2. The third-order valence-electron chi connectivity index (χ3n) is 4.68. The molecule has 1 saturated heterocycles. The second-order valence-corrected chi connectivity index (χ2v) is 6.14.